The monoisotopic (exact) mass is 290 g/mol. The van der Waals surface area contributed by atoms with Gasteiger partial charge in [-0.05, 0) is 13.3 Å². The Morgan fingerprint density at radius 2 is 1.85 bits per heavy atom. The highest BCUT2D eigenvalue weighted by Gasteiger charge is 2.23. The minimum atomic E-state index is -1.34. The predicted molar refractivity (Wildman–Crippen MR) is 66.1 cm³/mol. The highest BCUT2D eigenvalue weighted by Crippen LogP contribution is 1.99. The number of nitrogens with one attached hydrogen (secondary N) is 1. The van der Waals surface area contributed by atoms with E-state index in [1.54, 1.807) is 6.92 Å². The van der Waals surface area contributed by atoms with Crippen molar-refractivity contribution < 1.29 is 34.1 Å². The summed E-state index contributed by atoms with van der Waals surface area (Å²) >= 11 is 0. The van der Waals surface area contributed by atoms with Gasteiger partial charge in [-0.2, -0.15) is 0 Å². The quantitative estimate of drug-likeness (QED) is 0.513. The van der Waals surface area contributed by atoms with Crippen LogP contribution in [0, 0.1) is 0 Å². The Kier molecular flexibility index (Phi) is 7.71. The molecular formula is C11H18N2O7. The molecule has 0 saturated carbocycles. The molecule has 0 aliphatic heterocycles. The van der Waals surface area contributed by atoms with Gasteiger partial charge in [0, 0.05) is 13.5 Å². The van der Waals surface area contributed by atoms with E-state index in [9.17, 15) is 19.2 Å². The Labute approximate surface area is 115 Å². The van der Waals surface area contributed by atoms with Gasteiger partial charge < -0.3 is 25.2 Å². The Balaban J connectivity index is 4.40. The minimum absolute atomic E-state index is 0.171. The van der Waals surface area contributed by atoms with Gasteiger partial charge in [-0.15, -0.1) is 0 Å². The number of carboxylic acid groups (broad SMARTS) is 2. The van der Waals surface area contributed by atoms with Crippen LogP contribution >= 0.6 is 0 Å². The molecule has 0 spiro atoms. The first-order valence-corrected chi connectivity index (χ1v) is 5.89. The number of aliphatic carboxylic acids is 2. The Bertz CT molecular complexity index is 383. The molecule has 114 valence electrons. The number of esters is 1. The fraction of sp³-hybridized carbons (Fsp3) is 0.636. The predicted octanol–water partition coefficient (Wildman–Crippen LogP) is -0.491. The number of hydrogen-bond donors (Lipinski definition) is 3. The van der Waals surface area contributed by atoms with Crippen molar-refractivity contribution in [3.05, 3.63) is 0 Å². The molecule has 3 N–H and O–H groups in total. The summed E-state index contributed by atoms with van der Waals surface area (Å²) < 4.78 is 4.64. The van der Waals surface area contributed by atoms with Gasteiger partial charge in [0.2, 0.25) is 0 Å². The SMILES string of the molecule is CCOC(=O)CN(C)C(=O)N[C@@H](CCC(=O)O)C(=O)O. The van der Waals surface area contributed by atoms with Crippen LogP contribution < -0.4 is 5.32 Å². The second-order valence-corrected chi connectivity index (χ2v) is 3.93. The highest BCUT2D eigenvalue weighted by molar-refractivity contribution is 5.85. The smallest absolute Gasteiger partial charge is 0.326 e. The van der Waals surface area contributed by atoms with E-state index in [4.69, 9.17) is 10.2 Å². The van der Waals surface area contributed by atoms with Gasteiger partial charge >= 0.3 is 23.9 Å². The maximum atomic E-state index is 11.6. The fourth-order valence-corrected chi connectivity index (χ4v) is 1.26. The van der Waals surface area contributed by atoms with Crippen molar-refractivity contribution in [3.8, 4) is 0 Å². The van der Waals surface area contributed by atoms with E-state index in [-0.39, 0.29) is 19.6 Å². The third kappa shape index (κ3) is 7.19. The fourth-order valence-electron chi connectivity index (χ4n) is 1.26. The summed E-state index contributed by atoms with van der Waals surface area (Å²) in [6.45, 7) is 1.46. The summed E-state index contributed by atoms with van der Waals surface area (Å²) in [6.07, 6.45) is -0.636. The van der Waals surface area contributed by atoms with Crippen LogP contribution in [0.2, 0.25) is 0 Å². The lowest BCUT2D eigenvalue weighted by molar-refractivity contribution is -0.143. The Hall–Kier alpha value is -2.32. The maximum Gasteiger partial charge on any atom is 0.326 e. The topological polar surface area (TPSA) is 133 Å². The second-order valence-electron chi connectivity index (χ2n) is 3.93. The number of amides is 2. The van der Waals surface area contributed by atoms with E-state index < -0.39 is 36.4 Å². The van der Waals surface area contributed by atoms with Crippen LogP contribution in [0.15, 0.2) is 0 Å². The average molecular weight is 290 g/mol. The van der Waals surface area contributed by atoms with Crippen LogP contribution in [0.25, 0.3) is 0 Å². The largest absolute Gasteiger partial charge is 0.481 e. The molecule has 0 rings (SSSR count). The molecule has 0 radical (unpaired) electrons. The van der Waals surface area contributed by atoms with E-state index in [1.807, 2.05) is 0 Å². The van der Waals surface area contributed by atoms with Crippen LogP contribution in [-0.2, 0) is 19.1 Å². The average Bonchev–Trinajstić information content (AvgIpc) is 2.33. The van der Waals surface area contributed by atoms with Crippen LogP contribution in [0.3, 0.4) is 0 Å². The molecule has 0 aromatic heterocycles. The summed E-state index contributed by atoms with van der Waals surface area (Å²) in [5.74, 6) is -3.13. The van der Waals surface area contributed by atoms with Gasteiger partial charge in [0.25, 0.3) is 0 Å². The van der Waals surface area contributed by atoms with Crippen LogP contribution in [0.5, 0.6) is 0 Å². The molecule has 0 heterocycles. The molecule has 0 bridgehead atoms. The standard InChI is InChI=1S/C11H18N2O7/c1-3-20-9(16)6-13(2)11(19)12-7(10(17)18)4-5-8(14)15/h7H,3-6H2,1-2H3,(H,12,19)(H,14,15)(H,17,18)/t7-/m0/s1. The summed E-state index contributed by atoms with van der Waals surface area (Å²) in [6, 6.07) is -2.13. The molecule has 0 aliphatic carbocycles. The second kappa shape index (κ2) is 8.73. The molecule has 9 heteroatoms. The zero-order valence-electron chi connectivity index (χ0n) is 11.3. The van der Waals surface area contributed by atoms with E-state index in [0.29, 0.717) is 0 Å². The van der Waals surface area contributed by atoms with Crippen LogP contribution in [-0.4, -0.2) is 65.3 Å². The molecule has 20 heavy (non-hydrogen) atoms. The molecule has 0 aliphatic rings. The van der Waals surface area contributed by atoms with Crippen molar-refractivity contribution in [3.63, 3.8) is 0 Å². The number of ether oxygens (including phenoxy) is 1. The minimum Gasteiger partial charge on any atom is -0.481 e. The molecule has 0 fully saturated rings. The molecular weight excluding hydrogens is 272 g/mol. The van der Waals surface area contributed by atoms with E-state index in [1.165, 1.54) is 7.05 Å². The molecule has 0 saturated heterocycles. The zero-order valence-corrected chi connectivity index (χ0v) is 11.3. The van der Waals surface area contributed by atoms with Gasteiger partial charge in [0.05, 0.1) is 6.61 Å². The van der Waals surface area contributed by atoms with Crippen LogP contribution in [0.4, 0.5) is 4.79 Å². The first-order chi connectivity index (χ1) is 9.27. The zero-order chi connectivity index (χ0) is 15.7. The Morgan fingerprint density at radius 3 is 2.30 bits per heavy atom. The molecule has 0 aromatic rings. The lowest BCUT2D eigenvalue weighted by Gasteiger charge is -2.20. The first-order valence-electron chi connectivity index (χ1n) is 5.89. The van der Waals surface area contributed by atoms with E-state index >= 15 is 0 Å². The van der Waals surface area contributed by atoms with Crippen LogP contribution in [0.1, 0.15) is 19.8 Å². The van der Waals surface area contributed by atoms with Crippen molar-refractivity contribution in [2.24, 2.45) is 0 Å². The third-order valence-electron chi connectivity index (χ3n) is 2.26. The summed E-state index contributed by atoms with van der Waals surface area (Å²) in [5.41, 5.74) is 0. The lowest BCUT2D eigenvalue weighted by atomic mass is 10.1. The van der Waals surface area contributed by atoms with Crippen molar-refractivity contribution in [2.75, 3.05) is 20.2 Å². The van der Waals surface area contributed by atoms with Gasteiger partial charge in [0.15, 0.2) is 0 Å². The van der Waals surface area contributed by atoms with Gasteiger partial charge in [-0.3, -0.25) is 9.59 Å². The highest BCUT2D eigenvalue weighted by atomic mass is 16.5. The first kappa shape index (κ1) is 17.7. The number of rotatable bonds is 8. The third-order valence-corrected chi connectivity index (χ3v) is 2.26. The van der Waals surface area contributed by atoms with Crippen molar-refractivity contribution in [1.29, 1.82) is 0 Å². The maximum absolute atomic E-state index is 11.6. The number of nitrogens with zero attached hydrogens (tertiary/aromatic N) is 1. The number of carbonyl (C=O) groups excluding carboxylic acids is 2. The number of hydrogen-bond acceptors (Lipinski definition) is 5. The van der Waals surface area contributed by atoms with Crippen molar-refractivity contribution >= 4 is 23.9 Å². The molecule has 1 atom stereocenters. The summed E-state index contributed by atoms with van der Waals surface area (Å²) in [4.78, 5) is 45.0. The normalized spacial score (nSPS) is 11.3. The lowest BCUT2D eigenvalue weighted by Crippen LogP contribution is -2.48. The molecule has 0 aromatic carbocycles. The van der Waals surface area contributed by atoms with E-state index in [2.05, 4.69) is 10.1 Å². The van der Waals surface area contributed by atoms with Gasteiger partial charge in [-0.1, -0.05) is 0 Å². The molecule has 2 amide bonds. The van der Waals surface area contributed by atoms with Gasteiger partial charge in [0.1, 0.15) is 12.6 Å². The van der Waals surface area contributed by atoms with E-state index in [0.717, 1.165) is 4.90 Å². The molecule has 9 nitrogen and oxygen atoms in total. The summed E-state index contributed by atoms with van der Waals surface area (Å²) in [7, 11) is 1.29. The number of likely N-dealkylation sites (N-methyl/N-ethyl adjacent to an activating group) is 1. The number of carbonyl (C=O) groups is 4. The number of urea groups is 1. The van der Waals surface area contributed by atoms with Crippen molar-refractivity contribution in [1.82, 2.24) is 10.2 Å². The number of carboxylic acids is 2. The van der Waals surface area contributed by atoms with Gasteiger partial charge in [-0.25, -0.2) is 9.59 Å². The Morgan fingerprint density at radius 1 is 1.25 bits per heavy atom. The van der Waals surface area contributed by atoms with Crippen molar-refractivity contribution in [2.45, 2.75) is 25.8 Å². The molecule has 0 unspecified atom stereocenters. The summed E-state index contributed by atoms with van der Waals surface area (Å²) in [5, 5.41) is 19.5.